The van der Waals surface area contributed by atoms with Crippen LogP contribution in [0, 0.1) is 0 Å². The molecule has 2 aromatic rings. The van der Waals surface area contributed by atoms with Crippen molar-refractivity contribution in [2.24, 2.45) is 0 Å². The first-order chi connectivity index (χ1) is 13.1. The normalized spacial score (nSPS) is 15.4. The van der Waals surface area contributed by atoms with Crippen LogP contribution in [-0.4, -0.2) is 39.1 Å². The Morgan fingerprint density at radius 2 is 1.67 bits per heavy atom. The largest absolute Gasteiger partial charge is 0.493 e. The number of amides is 2. The van der Waals surface area contributed by atoms with E-state index in [-0.39, 0.29) is 18.4 Å². The van der Waals surface area contributed by atoms with Crippen molar-refractivity contribution in [2.75, 3.05) is 27.3 Å². The van der Waals surface area contributed by atoms with E-state index in [1.807, 2.05) is 18.2 Å². The molecule has 7 nitrogen and oxygen atoms in total. The molecule has 0 saturated carbocycles. The third kappa shape index (κ3) is 4.57. The van der Waals surface area contributed by atoms with E-state index in [0.717, 1.165) is 35.7 Å². The summed E-state index contributed by atoms with van der Waals surface area (Å²) in [4.78, 5) is 25.3. The van der Waals surface area contributed by atoms with E-state index in [9.17, 15) is 9.59 Å². The molecule has 1 unspecified atom stereocenters. The van der Waals surface area contributed by atoms with E-state index < -0.39 is 0 Å². The maximum absolute atomic E-state index is 12.2. The monoisotopic (exact) mass is 370 g/mol. The zero-order valence-corrected chi connectivity index (χ0v) is 15.5. The fourth-order valence-electron chi connectivity index (χ4n) is 3.24. The third-order valence-electron chi connectivity index (χ3n) is 4.66. The van der Waals surface area contributed by atoms with Gasteiger partial charge in [0.1, 0.15) is 6.54 Å². The van der Waals surface area contributed by atoms with Gasteiger partial charge in [-0.1, -0.05) is 18.2 Å². The first-order valence-corrected chi connectivity index (χ1v) is 8.82. The van der Waals surface area contributed by atoms with Gasteiger partial charge in [0.25, 0.3) is 11.8 Å². The Bertz CT molecular complexity index is 823. The predicted octanol–water partition coefficient (Wildman–Crippen LogP) is 0.106. The molecule has 2 aromatic carbocycles. The quantitative estimate of drug-likeness (QED) is 0.653. The lowest BCUT2D eigenvalue weighted by Crippen LogP contribution is -3.13. The van der Waals surface area contributed by atoms with Crippen LogP contribution in [0.15, 0.2) is 42.5 Å². The molecular weight excluding hydrogens is 346 g/mol. The lowest BCUT2D eigenvalue weighted by Gasteiger charge is -2.26. The Morgan fingerprint density at radius 3 is 2.33 bits per heavy atom. The fourth-order valence-corrected chi connectivity index (χ4v) is 3.24. The van der Waals surface area contributed by atoms with Crippen LogP contribution in [0.3, 0.4) is 0 Å². The van der Waals surface area contributed by atoms with Gasteiger partial charge >= 0.3 is 0 Å². The van der Waals surface area contributed by atoms with E-state index in [0.29, 0.717) is 11.3 Å². The molecular formula is C20H24N3O4+. The van der Waals surface area contributed by atoms with E-state index in [1.54, 1.807) is 38.5 Å². The van der Waals surface area contributed by atoms with Crippen LogP contribution in [0.2, 0.25) is 0 Å². The van der Waals surface area contributed by atoms with Crippen molar-refractivity contribution in [3.63, 3.8) is 0 Å². The average Bonchev–Trinajstić information content (AvgIpc) is 2.71. The van der Waals surface area contributed by atoms with Crippen molar-refractivity contribution in [3.05, 3.63) is 59.2 Å². The summed E-state index contributed by atoms with van der Waals surface area (Å²) >= 11 is 0. The lowest BCUT2D eigenvalue weighted by molar-refractivity contribution is -0.908. The van der Waals surface area contributed by atoms with Crippen molar-refractivity contribution < 1.29 is 24.0 Å². The van der Waals surface area contributed by atoms with Crippen LogP contribution in [0.4, 0.5) is 0 Å². The van der Waals surface area contributed by atoms with Gasteiger partial charge in [-0.3, -0.25) is 20.4 Å². The Balaban J connectivity index is 1.55. The second-order valence-corrected chi connectivity index (χ2v) is 6.45. The summed E-state index contributed by atoms with van der Waals surface area (Å²) in [5.41, 5.74) is 7.80. The Kier molecular flexibility index (Phi) is 5.93. The molecule has 1 aliphatic heterocycles. The highest BCUT2D eigenvalue weighted by Crippen LogP contribution is 2.31. The second-order valence-electron chi connectivity index (χ2n) is 6.45. The van der Waals surface area contributed by atoms with Gasteiger partial charge in [-0.2, -0.15) is 0 Å². The third-order valence-corrected chi connectivity index (χ3v) is 4.66. The molecule has 2 amide bonds. The van der Waals surface area contributed by atoms with Crippen molar-refractivity contribution in [1.82, 2.24) is 10.9 Å². The van der Waals surface area contributed by atoms with Gasteiger partial charge in [0.2, 0.25) is 0 Å². The molecule has 0 fully saturated rings. The summed E-state index contributed by atoms with van der Waals surface area (Å²) in [7, 11) is 3.24. The van der Waals surface area contributed by atoms with Crippen molar-refractivity contribution in [3.8, 4) is 11.5 Å². The van der Waals surface area contributed by atoms with Gasteiger partial charge in [0.15, 0.2) is 18.0 Å². The lowest BCUT2D eigenvalue weighted by atomic mass is 9.99. The van der Waals surface area contributed by atoms with Crippen molar-refractivity contribution in [2.45, 2.75) is 13.0 Å². The molecule has 0 bridgehead atoms. The highest BCUT2D eigenvalue weighted by molar-refractivity contribution is 5.95. The first-order valence-electron chi connectivity index (χ1n) is 8.82. The number of fused-ring (bicyclic) bond motifs is 1. The average molecular weight is 370 g/mol. The molecule has 1 atom stereocenters. The van der Waals surface area contributed by atoms with E-state index in [4.69, 9.17) is 9.47 Å². The molecule has 0 radical (unpaired) electrons. The van der Waals surface area contributed by atoms with Crippen LogP contribution < -0.4 is 25.2 Å². The molecule has 0 spiro atoms. The van der Waals surface area contributed by atoms with E-state index >= 15 is 0 Å². The zero-order chi connectivity index (χ0) is 19.2. The maximum atomic E-state index is 12.2. The molecule has 0 aromatic heterocycles. The smallest absolute Gasteiger partial charge is 0.293 e. The molecule has 1 aliphatic rings. The van der Waals surface area contributed by atoms with Crippen LogP contribution in [-0.2, 0) is 17.8 Å². The molecule has 27 heavy (non-hydrogen) atoms. The van der Waals surface area contributed by atoms with Crippen LogP contribution in [0.25, 0.3) is 0 Å². The Morgan fingerprint density at radius 1 is 1.00 bits per heavy atom. The summed E-state index contributed by atoms with van der Waals surface area (Å²) in [6, 6.07) is 12.7. The molecule has 3 N–H and O–H groups in total. The number of ether oxygens (including phenoxy) is 2. The minimum absolute atomic E-state index is 0.224. The number of quaternary nitrogens is 1. The number of nitrogens with one attached hydrogen (secondary N) is 3. The minimum Gasteiger partial charge on any atom is -0.493 e. The number of methoxy groups -OCH3 is 2. The van der Waals surface area contributed by atoms with Crippen molar-refractivity contribution >= 4 is 11.8 Å². The molecule has 7 heteroatoms. The summed E-state index contributed by atoms with van der Waals surface area (Å²) in [5.74, 6) is 0.858. The van der Waals surface area contributed by atoms with Gasteiger partial charge in [-0.25, -0.2) is 0 Å². The second kappa shape index (κ2) is 8.55. The summed E-state index contributed by atoms with van der Waals surface area (Å²) in [5, 5.41) is 0. The molecule has 3 rings (SSSR count). The fraction of sp³-hybridized carbons (Fsp3) is 0.300. The van der Waals surface area contributed by atoms with Gasteiger partial charge in [0.05, 0.1) is 20.8 Å². The van der Waals surface area contributed by atoms with Crippen LogP contribution >= 0.6 is 0 Å². The zero-order valence-electron chi connectivity index (χ0n) is 15.5. The van der Waals surface area contributed by atoms with Crippen molar-refractivity contribution in [1.29, 1.82) is 0 Å². The van der Waals surface area contributed by atoms with Crippen LogP contribution in [0.1, 0.15) is 21.5 Å². The standard InChI is InChI=1S/C20H23N3O4/c1-26-17-10-15-8-9-23(12-16(15)11-18(17)27-2)13-19(24)21-22-20(25)14-6-4-3-5-7-14/h3-7,10-11H,8-9,12-13H2,1-2H3,(H,21,24)(H,22,25)/p+1. The topological polar surface area (TPSA) is 81.1 Å². The summed E-state index contributed by atoms with van der Waals surface area (Å²) in [6.45, 7) is 1.83. The first kappa shape index (κ1) is 18.7. The molecule has 142 valence electrons. The highest BCUT2D eigenvalue weighted by Gasteiger charge is 2.24. The highest BCUT2D eigenvalue weighted by atomic mass is 16.5. The summed E-state index contributed by atoms with van der Waals surface area (Å²) < 4.78 is 10.7. The molecule has 0 saturated heterocycles. The number of carbonyl (C=O) groups excluding carboxylic acids is 2. The number of hydrogen-bond acceptors (Lipinski definition) is 4. The molecule has 1 heterocycles. The maximum Gasteiger partial charge on any atom is 0.293 e. The van der Waals surface area contributed by atoms with Gasteiger partial charge in [-0.15, -0.1) is 0 Å². The number of carbonyl (C=O) groups is 2. The SMILES string of the molecule is COc1cc2c(cc1OC)C[NH+](CC(=O)NNC(=O)c1ccccc1)CC2. The Labute approximate surface area is 158 Å². The summed E-state index contributed by atoms with van der Waals surface area (Å²) in [6.07, 6.45) is 0.856. The Hall–Kier alpha value is -3.06. The van der Waals surface area contributed by atoms with Gasteiger partial charge in [-0.05, 0) is 29.8 Å². The number of hydrazine groups is 1. The van der Waals surface area contributed by atoms with Gasteiger partial charge in [0, 0.05) is 17.5 Å². The number of rotatable bonds is 5. The number of hydrogen-bond donors (Lipinski definition) is 3. The van der Waals surface area contributed by atoms with E-state index in [1.165, 1.54) is 5.56 Å². The predicted molar refractivity (Wildman–Crippen MR) is 99.7 cm³/mol. The van der Waals surface area contributed by atoms with Crippen LogP contribution in [0.5, 0.6) is 11.5 Å². The number of benzene rings is 2. The minimum atomic E-state index is -0.334. The van der Waals surface area contributed by atoms with Gasteiger partial charge < -0.3 is 14.4 Å². The molecule has 0 aliphatic carbocycles. The van der Waals surface area contributed by atoms with E-state index in [2.05, 4.69) is 10.9 Å².